The maximum atomic E-state index is 12.1. The summed E-state index contributed by atoms with van der Waals surface area (Å²) in [7, 11) is -3.22. The highest BCUT2D eigenvalue weighted by molar-refractivity contribution is 7.90. The molecule has 0 saturated carbocycles. The van der Waals surface area contributed by atoms with Crippen LogP contribution in [0, 0.1) is 0 Å². The van der Waals surface area contributed by atoms with Gasteiger partial charge in [0.15, 0.2) is 9.84 Å². The van der Waals surface area contributed by atoms with Crippen molar-refractivity contribution >= 4 is 38.9 Å². The van der Waals surface area contributed by atoms with Gasteiger partial charge in [-0.2, -0.15) is 0 Å². The molecule has 1 N–H and O–H groups in total. The molecule has 0 aromatic heterocycles. The Morgan fingerprint density at radius 1 is 1.12 bits per heavy atom. The second-order valence-corrected chi connectivity index (χ2v) is 8.73. The van der Waals surface area contributed by atoms with E-state index in [4.69, 9.17) is 23.2 Å². The fourth-order valence-corrected chi connectivity index (χ4v) is 3.51. The van der Waals surface area contributed by atoms with Crippen molar-refractivity contribution in [2.24, 2.45) is 0 Å². The van der Waals surface area contributed by atoms with Gasteiger partial charge in [0, 0.05) is 22.7 Å². The molecular formula is C18H19Cl2NO3S. The van der Waals surface area contributed by atoms with E-state index in [1.165, 1.54) is 0 Å². The van der Waals surface area contributed by atoms with Crippen molar-refractivity contribution in [1.29, 1.82) is 0 Å². The Morgan fingerprint density at radius 3 is 2.32 bits per heavy atom. The van der Waals surface area contributed by atoms with Crippen molar-refractivity contribution in [2.45, 2.75) is 30.7 Å². The van der Waals surface area contributed by atoms with Crippen molar-refractivity contribution in [1.82, 2.24) is 5.32 Å². The monoisotopic (exact) mass is 399 g/mol. The third kappa shape index (κ3) is 5.73. The minimum atomic E-state index is -3.22. The first-order valence-corrected chi connectivity index (χ1v) is 10.3. The Labute approximate surface area is 158 Å². The molecular weight excluding hydrogens is 381 g/mol. The summed E-state index contributed by atoms with van der Waals surface area (Å²) in [6.45, 7) is 1.85. The van der Waals surface area contributed by atoms with Crippen LogP contribution in [0.5, 0.6) is 0 Å². The Bertz CT molecular complexity index is 864. The summed E-state index contributed by atoms with van der Waals surface area (Å²) in [6.07, 6.45) is 1.98. The van der Waals surface area contributed by atoms with Crippen LogP contribution in [0.25, 0.3) is 0 Å². The number of hydrogen-bond acceptors (Lipinski definition) is 3. The van der Waals surface area contributed by atoms with Crippen LogP contribution < -0.4 is 5.32 Å². The number of halogens is 2. The van der Waals surface area contributed by atoms with E-state index in [9.17, 15) is 13.2 Å². The maximum Gasteiger partial charge on any atom is 0.220 e. The maximum absolute atomic E-state index is 12.1. The molecule has 0 saturated heterocycles. The van der Waals surface area contributed by atoms with Crippen molar-refractivity contribution in [2.75, 3.05) is 6.26 Å². The van der Waals surface area contributed by atoms with E-state index in [0.717, 1.165) is 17.4 Å². The fraction of sp³-hybridized carbons (Fsp3) is 0.278. The number of sulfone groups is 1. The van der Waals surface area contributed by atoms with Gasteiger partial charge >= 0.3 is 0 Å². The van der Waals surface area contributed by atoms with Crippen molar-refractivity contribution < 1.29 is 13.2 Å². The Hall–Kier alpha value is -1.56. The number of nitrogens with one attached hydrogen (secondary N) is 1. The van der Waals surface area contributed by atoms with Gasteiger partial charge in [-0.15, -0.1) is 0 Å². The zero-order valence-corrected chi connectivity index (χ0v) is 16.3. The van der Waals surface area contributed by atoms with Gasteiger partial charge < -0.3 is 5.32 Å². The predicted octanol–water partition coefficient (Wildman–Crippen LogP) is 4.21. The molecule has 1 atom stereocenters. The molecule has 0 radical (unpaired) electrons. The molecule has 0 bridgehead atoms. The minimum absolute atomic E-state index is 0.106. The van der Waals surface area contributed by atoms with Crippen LogP contribution in [-0.2, 0) is 21.1 Å². The molecule has 0 spiro atoms. The summed E-state index contributed by atoms with van der Waals surface area (Å²) in [4.78, 5) is 12.4. The molecule has 0 fully saturated rings. The molecule has 0 aliphatic rings. The Balaban J connectivity index is 1.93. The highest BCUT2D eigenvalue weighted by Gasteiger charge is 2.12. The van der Waals surface area contributed by atoms with Crippen molar-refractivity contribution in [3.63, 3.8) is 0 Å². The second-order valence-electron chi connectivity index (χ2n) is 5.87. The normalized spacial score (nSPS) is 12.6. The number of carbonyl (C=O) groups is 1. The molecule has 0 aliphatic heterocycles. The summed E-state index contributed by atoms with van der Waals surface area (Å²) in [5.41, 5.74) is 1.71. The molecule has 2 aromatic carbocycles. The van der Waals surface area contributed by atoms with E-state index in [2.05, 4.69) is 5.32 Å². The van der Waals surface area contributed by atoms with Crippen LogP contribution in [0.1, 0.15) is 30.5 Å². The summed E-state index contributed by atoms with van der Waals surface area (Å²) >= 11 is 12.0. The summed E-state index contributed by atoms with van der Waals surface area (Å²) in [6, 6.07) is 11.5. The quantitative estimate of drug-likeness (QED) is 0.790. The number of rotatable bonds is 6. The molecule has 7 heteroatoms. The first-order chi connectivity index (χ1) is 11.7. The van der Waals surface area contributed by atoms with Gasteiger partial charge in [-0.25, -0.2) is 8.42 Å². The standard InChI is InChI=1S/C18H19Cl2NO3S/c1-12(13-4-8-16(9-5-13)25(2,23)24)21-18(22)10-6-14-3-7-15(19)11-17(14)20/h3-5,7-9,11-12H,6,10H2,1-2H3,(H,21,22)/t12-/m1/s1. The molecule has 2 aromatic rings. The fourth-order valence-electron chi connectivity index (χ4n) is 2.37. The first kappa shape index (κ1) is 19.8. The van der Waals surface area contributed by atoms with Gasteiger partial charge in [-0.3, -0.25) is 4.79 Å². The number of amides is 1. The SMILES string of the molecule is C[C@@H](NC(=O)CCc1ccc(Cl)cc1Cl)c1ccc(S(C)(=O)=O)cc1. The molecule has 1 amide bonds. The molecule has 4 nitrogen and oxygen atoms in total. The topological polar surface area (TPSA) is 63.2 Å². The zero-order valence-electron chi connectivity index (χ0n) is 13.9. The van der Waals surface area contributed by atoms with Crippen LogP contribution in [-0.4, -0.2) is 20.6 Å². The number of benzene rings is 2. The van der Waals surface area contributed by atoms with E-state index in [1.54, 1.807) is 36.4 Å². The minimum Gasteiger partial charge on any atom is -0.350 e. The van der Waals surface area contributed by atoms with Gasteiger partial charge in [0.1, 0.15) is 0 Å². The van der Waals surface area contributed by atoms with Crippen molar-refractivity contribution in [3.05, 3.63) is 63.6 Å². The van der Waals surface area contributed by atoms with Gasteiger partial charge in [0.2, 0.25) is 5.91 Å². The summed E-state index contributed by atoms with van der Waals surface area (Å²) in [5, 5.41) is 4.00. The lowest BCUT2D eigenvalue weighted by Gasteiger charge is -2.15. The lowest BCUT2D eigenvalue weighted by molar-refractivity contribution is -0.121. The summed E-state index contributed by atoms with van der Waals surface area (Å²) < 4.78 is 22.9. The van der Waals surface area contributed by atoms with Gasteiger partial charge in [-0.05, 0) is 48.7 Å². The third-order valence-corrected chi connectivity index (χ3v) is 5.54. The first-order valence-electron chi connectivity index (χ1n) is 7.70. The molecule has 0 heterocycles. The third-order valence-electron chi connectivity index (χ3n) is 3.82. The predicted molar refractivity (Wildman–Crippen MR) is 101 cm³/mol. The highest BCUT2D eigenvalue weighted by Crippen LogP contribution is 2.22. The summed E-state index contributed by atoms with van der Waals surface area (Å²) in [5.74, 6) is -0.106. The van der Waals surface area contributed by atoms with Crippen LogP contribution in [0.4, 0.5) is 0 Å². The number of carbonyl (C=O) groups excluding carboxylic acids is 1. The highest BCUT2D eigenvalue weighted by atomic mass is 35.5. The van der Waals surface area contributed by atoms with E-state index in [1.807, 2.05) is 13.0 Å². The molecule has 25 heavy (non-hydrogen) atoms. The van der Waals surface area contributed by atoms with E-state index in [-0.39, 0.29) is 16.8 Å². The zero-order chi connectivity index (χ0) is 18.6. The van der Waals surface area contributed by atoms with Crippen LogP contribution in [0.3, 0.4) is 0 Å². The lowest BCUT2D eigenvalue weighted by Crippen LogP contribution is -2.26. The van der Waals surface area contributed by atoms with Crippen LogP contribution in [0.2, 0.25) is 10.0 Å². The number of aryl methyl sites for hydroxylation is 1. The average Bonchev–Trinajstić information content (AvgIpc) is 2.53. The van der Waals surface area contributed by atoms with Crippen molar-refractivity contribution in [3.8, 4) is 0 Å². The van der Waals surface area contributed by atoms with Gasteiger partial charge in [0.25, 0.3) is 0 Å². The van der Waals surface area contributed by atoms with Crippen LogP contribution in [0.15, 0.2) is 47.4 Å². The Kier molecular flexibility index (Phi) is 6.49. The molecule has 0 unspecified atom stereocenters. The average molecular weight is 400 g/mol. The second kappa shape index (κ2) is 8.21. The lowest BCUT2D eigenvalue weighted by atomic mass is 10.1. The van der Waals surface area contributed by atoms with E-state index < -0.39 is 9.84 Å². The van der Waals surface area contributed by atoms with Crippen LogP contribution >= 0.6 is 23.2 Å². The van der Waals surface area contributed by atoms with Gasteiger partial charge in [0.05, 0.1) is 10.9 Å². The molecule has 2 rings (SSSR count). The molecule has 0 aliphatic carbocycles. The largest absolute Gasteiger partial charge is 0.350 e. The van der Waals surface area contributed by atoms with Gasteiger partial charge in [-0.1, -0.05) is 41.4 Å². The van der Waals surface area contributed by atoms with E-state index >= 15 is 0 Å². The smallest absolute Gasteiger partial charge is 0.220 e. The molecule has 134 valence electrons. The number of hydrogen-bond donors (Lipinski definition) is 1. The Morgan fingerprint density at radius 2 is 1.76 bits per heavy atom. The van der Waals surface area contributed by atoms with E-state index in [0.29, 0.717) is 22.9 Å².